The Labute approximate surface area is 117 Å². The van der Waals surface area contributed by atoms with Crippen LogP contribution in [0.1, 0.15) is 5.82 Å². The quantitative estimate of drug-likeness (QED) is 0.711. The molecule has 0 amide bonds. The number of benzene rings is 1. The van der Waals surface area contributed by atoms with E-state index in [4.69, 9.17) is 5.73 Å². The summed E-state index contributed by atoms with van der Waals surface area (Å²) >= 11 is 0. The van der Waals surface area contributed by atoms with Gasteiger partial charge >= 0.3 is 0 Å². The fourth-order valence-corrected chi connectivity index (χ4v) is 2.29. The van der Waals surface area contributed by atoms with Crippen LogP contribution in [-0.2, 0) is 13.5 Å². The Balaban J connectivity index is 1.75. The highest BCUT2D eigenvalue weighted by Gasteiger charge is 2.04. The summed E-state index contributed by atoms with van der Waals surface area (Å²) in [5.74, 6) is 1.06. The highest BCUT2D eigenvalue weighted by molar-refractivity contribution is 5.98. The third-order valence-electron chi connectivity index (χ3n) is 3.45. The Kier molecular flexibility index (Phi) is 3.25. The number of rotatable bonds is 4. The van der Waals surface area contributed by atoms with E-state index in [9.17, 15) is 0 Å². The number of aryl methyl sites for hydroxylation is 1. The first-order chi connectivity index (χ1) is 9.75. The van der Waals surface area contributed by atoms with Crippen molar-refractivity contribution in [2.45, 2.75) is 6.42 Å². The van der Waals surface area contributed by atoms with Crippen LogP contribution in [0.2, 0.25) is 0 Å². The van der Waals surface area contributed by atoms with E-state index in [1.165, 1.54) is 0 Å². The molecule has 0 saturated heterocycles. The Morgan fingerprint density at radius 3 is 2.95 bits per heavy atom. The standard InChI is InChI=1S/C15H17N5/c1-20-9-8-19-14(20)5-7-18-13-3-2-11-10-17-6-4-12(11)15(13)16/h2-4,6,8-10,18H,5,7,16H2,1H3. The first kappa shape index (κ1) is 12.5. The molecule has 20 heavy (non-hydrogen) atoms. The molecule has 0 unspecified atom stereocenters. The molecule has 5 nitrogen and oxygen atoms in total. The topological polar surface area (TPSA) is 68.8 Å². The van der Waals surface area contributed by atoms with Gasteiger partial charge in [-0.3, -0.25) is 4.98 Å². The number of nitrogens with zero attached hydrogens (tertiary/aromatic N) is 3. The number of hydrogen-bond acceptors (Lipinski definition) is 4. The minimum Gasteiger partial charge on any atom is -0.397 e. The molecule has 0 fully saturated rings. The Morgan fingerprint density at radius 2 is 2.15 bits per heavy atom. The van der Waals surface area contributed by atoms with Crippen molar-refractivity contribution in [3.8, 4) is 0 Å². The molecule has 0 aliphatic heterocycles. The fourth-order valence-electron chi connectivity index (χ4n) is 2.29. The SMILES string of the molecule is Cn1ccnc1CCNc1ccc2cnccc2c1N. The summed E-state index contributed by atoms with van der Waals surface area (Å²) in [7, 11) is 2.00. The monoisotopic (exact) mass is 267 g/mol. The summed E-state index contributed by atoms with van der Waals surface area (Å²) in [4.78, 5) is 8.41. The zero-order valence-electron chi connectivity index (χ0n) is 11.4. The molecule has 0 aliphatic carbocycles. The molecule has 0 bridgehead atoms. The number of nitrogens with two attached hydrogens (primary N) is 1. The molecule has 0 radical (unpaired) electrons. The Bertz CT molecular complexity index is 732. The molecule has 1 aromatic carbocycles. The lowest BCUT2D eigenvalue weighted by Crippen LogP contribution is -2.10. The maximum atomic E-state index is 6.20. The molecule has 3 aromatic rings. The van der Waals surface area contributed by atoms with Gasteiger partial charge in [0.2, 0.25) is 0 Å². The number of pyridine rings is 1. The predicted molar refractivity (Wildman–Crippen MR) is 81.6 cm³/mol. The fraction of sp³-hybridized carbons (Fsp3) is 0.200. The third-order valence-corrected chi connectivity index (χ3v) is 3.45. The predicted octanol–water partition coefficient (Wildman–Crippen LogP) is 2.21. The summed E-state index contributed by atoms with van der Waals surface area (Å²) in [5.41, 5.74) is 7.92. The van der Waals surface area contributed by atoms with Crippen LogP contribution < -0.4 is 11.1 Å². The Morgan fingerprint density at radius 1 is 1.25 bits per heavy atom. The average Bonchev–Trinajstić information content (AvgIpc) is 2.87. The van der Waals surface area contributed by atoms with Crippen molar-refractivity contribution in [3.05, 3.63) is 48.8 Å². The van der Waals surface area contributed by atoms with Gasteiger partial charge in [-0.05, 0) is 12.1 Å². The lowest BCUT2D eigenvalue weighted by Gasteiger charge is -2.11. The van der Waals surface area contributed by atoms with Crippen LogP contribution in [0.3, 0.4) is 0 Å². The number of fused-ring (bicyclic) bond motifs is 1. The second kappa shape index (κ2) is 5.21. The molecule has 0 aliphatic rings. The van der Waals surface area contributed by atoms with Crippen LogP contribution >= 0.6 is 0 Å². The van der Waals surface area contributed by atoms with Crippen molar-refractivity contribution in [2.24, 2.45) is 7.05 Å². The smallest absolute Gasteiger partial charge is 0.110 e. The van der Waals surface area contributed by atoms with Crippen molar-refractivity contribution in [3.63, 3.8) is 0 Å². The van der Waals surface area contributed by atoms with Gasteiger partial charge in [-0.15, -0.1) is 0 Å². The highest BCUT2D eigenvalue weighted by atomic mass is 15.0. The van der Waals surface area contributed by atoms with Crippen LogP contribution in [0.4, 0.5) is 11.4 Å². The molecule has 2 heterocycles. The average molecular weight is 267 g/mol. The van der Waals surface area contributed by atoms with Crippen molar-refractivity contribution in [1.82, 2.24) is 14.5 Å². The first-order valence-corrected chi connectivity index (χ1v) is 6.58. The van der Waals surface area contributed by atoms with E-state index >= 15 is 0 Å². The molecule has 5 heteroatoms. The van der Waals surface area contributed by atoms with Crippen LogP contribution in [0.15, 0.2) is 43.0 Å². The second-order valence-corrected chi connectivity index (χ2v) is 4.75. The van der Waals surface area contributed by atoms with Crippen LogP contribution in [0, 0.1) is 0 Å². The molecular weight excluding hydrogens is 250 g/mol. The lowest BCUT2D eigenvalue weighted by atomic mass is 10.1. The van der Waals surface area contributed by atoms with Crippen molar-refractivity contribution < 1.29 is 0 Å². The van der Waals surface area contributed by atoms with Crippen LogP contribution in [0.5, 0.6) is 0 Å². The largest absolute Gasteiger partial charge is 0.397 e. The lowest BCUT2D eigenvalue weighted by molar-refractivity contribution is 0.790. The summed E-state index contributed by atoms with van der Waals surface area (Å²) in [6.07, 6.45) is 8.20. The zero-order valence-corrected chi connectivity index (χ0v) is 11.4. The summed E-state index contributed by atoms with van der Waals surface area (Å²) in [5, 5.41) is 5.46. The second-order valence-electron chi connectivity index (χ2n) is 4.75. The van der Waals surface area contributed by atoms with E-state index < -0.39 is 0 Å². The van der Waals surface area contributed by atoms with Gasteiger partial charge in [0.15, 0.2) is 0 Å². The van der Waals surface area contributed by atoms with Gasteiger partial charge in [-0.25, -0.2) is 4.98 Å². The van der Waals surface area contributed by atoms with Gasteiger partial charge in [0, 0.05) is 55.6 Å². The molecule has 0 saturated carbocycles. The highest BCUT2D eigenvalue weighted by Crippen LogP contribution is 2.27. The van der Waals surface area contributed by atoms with Crippen LogP contribution in [-0.4, -0.2) is 21.1 Å². The van der Waals surface area contributed by atoms with Gasteiger partial charge in [-0.1, -0.05) is 6.07 Å². The van der Waals surface area contributed by atoms with E-state index in [0.29, 0.717) is 0 Å². The zero-order chi connectivity index (χ0) is 13.9. The van der Waals surface area contributed by atoms with Gasteiger partial charge in [-0.2, -0.15) is 0 Å². The summed E-state index contributed by atoms with van der Waals surface area (Å²) in [6.45, 7) is 0.797. The minimum absolute atomic E-state index is 0.768. The van der Waals surface area contributed by atoms with Crippen molar-refractivity contribution in [2.75, 3.05) is 17.6 Å². The number of aromatic nitrogens is 3. The normalized spacial score (nSPS) is 10.8. The van der Waals surface area contributed by atoms with E-state index in [2.05, 4.69) is 15.3 Å². The van der Waals surface area contributed by atoms with Crippen LogP contribution in [0.25, 0.3) is 10.8 Å². The molecule has 0 atom stereocenters. The molecule has 3 rings (SSSR count). The number of hydrogen-bond donors (Lipinski definition) is 2. The minimum atomic E-state index is 0.768. The maximum Gasteiger partial charge on any atom is 0.110 e. The third kappa shape index (κ3) is 2.30. The number of imidazole rings is 1. The molecule has 3 N–H and O–H groups in total. The van der Waals surface area contributed by atoms with Gasteiger partial charge in [0.1, 0.15) is 5.82 Å². The van der Waals surface area contributed by atoms with Gasteiger partial charge < -0.3 is 15.6 Å². The number of nitrogen functional groups attached to an aromatic ring is 1. The van der Waals surface area contributed by atoms with E-state index in [1.807, 2.05) is 48.4 Å². The number of anilines is 2. The molecule has 0 spiro atoms. The Hall–Kier alpha value is -2.56. The van der Waals surface area contributed by atoms with Gasteiger partial charge in [0.05, 0.1) is 11.4 Å². The van der Waals surface area contributed by atoms with E-state index in [0.717, 1.165) is 40.9 Å². The van der Waals surface area contributed by atoms with Crippen molar-refractivity contribution in [1.29, 1.82) is 0 Å². The van der Waals surface area contributed by atoms with Gasteiger partial charge in [0.25, 0.3) is 0 Å². The molecule has 2 aromatic heterocycles. The van der Waals surface area contributed by atoms with Crippen molar-refractivity contribution >= 4 is 22.1 Å². The van der Waals surface area contributed by atoms with E-state index in [-0.39, 0.29) is 0 Å². The maximum absolute atomic E-state index is 6.20. The summed E-state index contributed by atoms with van der Waals surface area (Å²) in [6, 6.07) is 5.97. The number of nitrogens with one attached hydrogen (secondary N) is 1. The first-order valence-electron chi connectivity index (χ1n) is 6.58. The van der Waals surface area contributed by atoms with E-state index in [1.54, 1.807) is 6.20 Å². The molecular formula is C15H17N5. The summed E-state index contributed by atoms with van der Waals surface area (Å²) < 4.78 is 2.02. The molecule has 102 valence electrons.